The van der Waals surface area contributed by atoms with Crippen molar-refractivity contribution in [1.82, 2.24) is 5.32 Å². The fourth-order valence-corrected chi connectivity index (χ4v) is 5.83. The van der Waals surface area contributed by atoms with Gasteiger partial charge in [0.1, 0.15) is 5.41 Å². The molecule has 184 valence electrons. The molecule has 3 aromatic rings. The van der Waals surface area contributed by atoms with E-state index in [1.165, 1.54) is 0 Å². The van der Waals surface area contributed by atoms with E-state index in [0.29, 0.717) is 5.56 Å². The van der Waals surface area contributed by atoms with Crippen LogP contribution in [0.2, 0.25) is 0 Å². The van der Waals surface area contributed by atoms with Crippen molar-refractivity contribution in [2.45, 2.75) is 38.8 Å². The van der Waals surface area contributed by atoms with Crippen LogP contribution in [0.3, 0.4) is 0 Å². The summed E-state index contributed by atoms with van der Waals surface area (Å²) in [6.45, 7) is 3.64. The summed E-state index contributed by atoms with van der Waals surface area (Å²) < 4.78 is 0. The first-order valence-electron chi connectivity index (χ1n) is 12.2. The molecular weight excluding hydrogens is 450 g/mol. The second-order valence-electron chi connectivity index (χ2n) is 9.51. The van der Waals surface area contributed by atoms with Crippen LogP contribution in [0.1, 0.15) is 43.0 Å². The number of nitrogens with one attached hydrogen (secondary N) is 1. The average Bonchev–Trinajstić information content (AvgIpc) is 2.89. The minimum Gasteiger partial charge on any atom is -0.481 e. The van der Waals surface area contributed by atoms with Crippen LogP contribution in [-0.2, 0) is 16.0 Å². The van der Waals surface area contributed by atoms with Crippen molar-refractivity contribution in [3.05, 3.63) is 108 Å². The van der Waals surface area contributed by atoms with Crippen molar-refractivity contribution >= 4 is 11.9 Å². The largest absolute Gasteiger partial charge is 0.481 e. The molecule has 1 aliphatic rings. The summed E-state index contributed by atoms with van der Waals surface area (Å²) in [5.74, 6) is 3.29. The third-order valence-electron chi connectivity index (χ3n) is 7.72. The highest BCUT2D eigenvalue weighted by molar-refractivity contribution is 5.84. The number of carbonyl (C=O) groups is 2. The standard InChI is InChI=1S/C31H31NO4/c1-3-30(28(33)34)22(2)32-27(25-17-11-6-12-18-25)31(29(35)36,21-24-15-9-5-10-16-24)26(30)20-19-23-13-7-4-8-14-23/h4-18,22,26-27,32H,3,21H2,1-2H3,(H,33,34)(H,35,36). The minimum absolute atomic E-state index is 0.131. The highest BCUT2D eigenvalue weighted by Crippen LogP contribution is 2.57. The van der Waals surface area contributed by atoms with Crippen molar-refractivity contribution in [1.29, 1.82) is 0 Å². The molecule has 1 heterocycles. The second-order valence-corrected chi connectivity index (χ2v) is 9.51. The summed E-state index contributed by atoms with van der Waals surface area (Å²) in [5, 5.41) is 25.2. The van der Waals surface area contributed by atoms with Crippen LogP contribution in [0.4, 0.5) is 0 Å². The van der Waals surface area contributed by atoms with Gasteiger partial charge in [-0.3, -0.25) is 9.59 Å². The summed E-state index contributed by atoms with van der Waals surface area (Å²) >= 11 is 0. The molecule has 5 heteroatoms. The number of carboxylic acids is 2. The number of carboxylic acid groups (broad SMARTS) is 2. The zero-order chi connectivity index (χ0) is 25.8. The van der Waals surface area contributed by atoms with Crippen molar-refractivity contribution in [3.63, 3.8) is 0 Å². The van der Waals surface area contributed by atoms with Gasteiger partial charge in [-0.05, 0) is 43.0 Å². The number of hydrogen-bond donors (Lipinski definition) is 3. The van der Waals surface area contributed by atoms with Gasteiger partial charge in [-0.15, -0.1) is 0 Å². The molecule has 3 N–H and O–H groups in total. The quantitative estimate of drug-likeness (QED) is 0.422. The van der Waals surface area contributed by atoms with E-state index in [0.717, 1.165) is 11.1 Å². The Balaban J connectivity index is 2.04. The summed E-state index contributed by atoms with van der Waals surface area (Å²) in [6, 6.07) is 27.0. The van der Waals surface area contributed by atoms with Crippen LogP contribution in [0.5, 0.6) is 0 Å². The SMILES string of the molecule is CCC1(C(=O)O)C(C)NC(c2ccccc2)C(Cc2ccccc2)(C(=O)O)C1C#Cc1ccccc1. The van der Waals surface area contributed by atoms with E-state index in [1.807, 2.05) is 105 Å². The second kappa shape index (κ2) is 10.4. The summed E-state index contributed by atoms with van der Waals surface area (Å²) in [4.78, 5) is 26.6. The first-order chi connectivity index (χ1) is 17.4. The van der Waals surface area contributed by atoms with Gasteiger partial charge in [-0.2, -0.15) is 0 Å². The average molecular weight is 482 g/mol. The monoisotopic (exact) mass is 481 g/mol. The Bertz CT molecular complexity index is 1270. The normalized spacial score (nSPS) is 27.4. The molecule has 5 atom stereocenters. The van der Waals surface area contributed by atoms with Gasteiger partial charge < -0.3 is 15.5 Å². The number of benzene rings is 3. The van der Waals surface area contributed by atoms with Crippen LogP contribution >= 0.6 is 0 Å². The maximum atomic E-state index is 13.5. The number of hydrogen-bond acceptors (Lipinski definition) is 3. The minimum atomic E-state index is -1.55. The third kappa shape index (κ3) is 4.29. The lowest BCUT2D eigenvalue weighted by molar-refractivity contribution is -0.176. The molecule has 0 aliphatic carbocycles. The topological polar surface area (TPSA) is 86.6 Å². The fourth-order valence-electron chi connectivity index (χ4n) is 5.83. The third-order valence-corrected chi connectivity index (χ3v) is 7.72. The Labute approximate surface area is 212 Å². The Morgan fingerprint density at radius 2 is 1.36 bits per heavy atom. The van der Waals surface area contributed by atoms with E-state index in [1.54, 1.807) is 0 Å². The molecule has 0 amide bonds. The molecule has 0 aromatic heterocycles. The van der Waals surface area contributed by atoms with Crippen LogP contribution in [-0.4, -0.2) is 28.2 Å². The molecule has 0 spiro atoms. The van der Waals surface area contributed by atoms with Crippen molar-refractivity contribution in [2.24, 2.45) is 16.7 Å². The number of rotatable bonds is 6. The lowest BCUT2D eigenvalue weighted by atomic mass is 9.50. The molecule has 0 saturated carbocycles. The Hall–Kier alpha value is -3.88. The molecule has 4 rings (SSSR count). The Morgan fingerprint density at radius 3 is 1.89 bits per heavy atom. The van der Waals surface area contributed by atoms with Gasteiger partial charge in [0.25, 0.3) is 0 Å². The predicted octanol–water partition coefficient (Wildman–Crippen LogP) is 5.18. The van der Waals surface area contributed by atoms with Crippen molar-refractivity contribution in [2.75, 3.05) is 0 Å². The number of piperidine rings is 1. The molecule has 36 heavy (non-hydrogen) atoms. The van der Waals surface area contributed by atoms with Gasteiger partial charge in [0.15, 0.2) is 0 Å². The lowest BCUT2D eigenvalue weighted by Crippen LogP contribution is -2.68. The van der Waals surface area contributed by atoms with Gasteiger partial charge in [0.05, 0.1) is 17.4 Å². The van der Waals surface area contributed by atoms with E-state index in [-0.39, 0.29) is 12.8 Å². The van der Waals surface area contributed by atoms with Crippen molar-refractivity contribution < 1.29 is 19.8 Å². The maximum Gasteiger partial charge on any atom is 0.313 e. The van der Waals surface area contributed by atoms with Crippen LogP contribution in [0.25, 0.3) is 0 Å². The molecule has 1 aliphatic heterocycles. The van der Waals surface area contributed by atoms with E-state index in [9.17, 15) is 19.8 Å². The highest BCUT2D eigenvalue weighted by Gasteiger charge is 2.66. The fraction of sp³-hybridized carbons (Fsp3) is 0.290. The molecule has 0 radical (unpaired) electrons. The zero-order valence-corrected chi connectivity index (χ0v) is 20.5. The number of aliphatic carboxylic acids is 2. The summed E-state index contributed by atoms with van der Waals surface area (Å²) in [6.07, 6.45) is 0.363. The lowest BCUT2D eigenvalue weighted by Gasteiger charge is -2.56. The van der Waals surface area contributed by atoms with Gasteiger partial charge in [0, 0.05) is 11.6 Å². The highest BCUT2D eigenvalue weighted by atomic mass is 16.4. The summed E-state index contributed by atoms with van der Waals surface area (Å²) in [5.41, 5.74) is -0.635. The van der Waals surface area contributed by atoms with Gasteiger partial charge in [-0.1, -0.05) is 97.6 Å². The maximum absolute atomic E-state index is 13.5. The molecular formula is C31H31NO4. The van der Waals surface area contributed by atoms with Gasteiger partial charge >= 0.3 is 11.9 Å². The zero-order valence-electron chi connectivity index (χ0n) is 20.5. The first-order valence-corrected chi connectivity index (χ1v) is 12.2. The van der Waals surface area contributed by atoms with E-state index < -0.39 is 40.8 Å². The summed E-state index contributed by atoms with van der Waals surface area (Å²) in [7, 11) is 0. The Morgan fingerprint density at radius 1 is 0.833 bits per heavy atom. The van der Waals surface area contributed by atoms with Crippen LogP contribution in [0.15, 0.2) is 91.0 Å². The van der Waals surface area contributed by atoms with E-state index >= 15 is 0 Å². The van der Waals surface area contributed by atoms with Crippen LogP contribution < -0.4 is 5.32 Å². The molecule has 5 nitrogen and oxygen atoms in total. The molecule has 1 fully saturated rings. The Kier molecular flexibility index (Phi) is 7.28. The smallest absolute Gasteiger partial charge is 0.313 e. The van der Waals surface area contributed by atoms with Gasteiger partial charge in [0.2, 0.25) is 0 Å². The molecule has 0 bridgehead atoms. The van der Waals surface area contributed by atoms with Crippen molar-refractivity contribution in [3.8, 4) is 11.8 Å². The van der Waals surface area contributed by atoms with E-state index in [2.05, 4.69) is 17.2 Å². The predicted molar refractivity (Wildman–Crippen MR) is 139 cm³/mol. The van der Waals surface area contributed by atoms with E-state index in [4.69, 9.17) is 0 Å². The molecule has 1 saturated heterocycles. The van der Waals surface area contributed by atoms with Crippen LogP contribution in [0, 0.1) is 28.6 Å². The first kappa shape index (κ1) is 25.2. The molecule has 5 unspecified atom stereocenters. The van der Waals surface area contributed by atoms with Gasteiger partial charge in [-0.25, -0.2) is 0 Å². The molecule has 3 aromatic carbocycles.